The number of ether oxygens (including phenoxy) is 2. The van der Waals surface area contributed by atoms with Crippen LogP contribution >= 0.6 is 0 Å². The third kappa shape index (κ3) is 2.87. The second-order valence-corrected chi connectivity index (χ2v) is 7.86. The number of nitrogens with zero attached hydrogens (tertiary/aromatic N) is 4. The minimum atomic E-state index is -0.0723. The van der Waals surface area contributed by atoms with E-state index in [9.17, 15) is 0 Å². The molecule has 3 aromatic heterocycles. The van der Waals surface area contributed by atoms with Crippen LogP contribution in [0.4, 0.5) is 5.82 Å². The Hall–Kier alpha value is -3.55. The lowest BCUT2D eigenvalue weighted by molar-refractivity contribution is 0.192. The summed E-state index contributed by atoms with van der Waals surface area (Å²) in [7, 11) is 1.62. The molecule has 2 aliphatic rings. The predicted molar refractivity (Wildman–Crippen MR) is 112 cm³/mol. The number of para-hydroxylation sites is 1. The van der Waals surface area contributed by atoms with Gasteiger partial charge in [-0.3, -0.25) is 4.68 Å². The first-order valence-corrected chi connectivity index (χ1v) is 10.2. The summed E-state index contributed by atoms with van der Waals surface area (Å²) in [5.41, 5.74) is 3.19. The summed E-state index contributed by atoms with van der Waals surface area (Å²) < 4.78 is 13.2. The Kier molecular flexibility index (Phi) is 3.90. The zero-order valence-corrected chi connectivity index (χ0v) is 16.6. The SMILES string of the molecule is COc1ccn([C@H]2COc3ccccc3[C@@H]2Nc2ncnc3[nH]c(C4CC4)cc23)n1. The Morgan fingerprint density at radius 1 is 1.20 bits per heavy atom. The van der Waals surface area contributed by atoms with Crippen LogP contribution < -0.4 is 14.8 Å². The molecule has 0 radical (unpaired) electrons. The molecule has 1 aromatic carbocycles. The number of benzene rings is 1. The smallest absolute Gasteiger partial charge is 0.232 e. The van der Waals surface area contributed by atoms with Gasteiger partial charge in [0.15, 0.2) is 0 Å². The van der Waals surface area contributed by atoms with Crippen molar-refractivity contribution in [1.82, 2.24) is 24.7 Å². The molecule has 0 spiro atoms. The van der Waals surface area contributed by atoms with Gasteiger partial charge in [-0.15, -0.1) is 5.10 Å². The van der Waals surface area contributed by atoms with E-state index in [2.05, 4.69) is 37.5 Å². The van der Waals surface area contributed by atoms with E-state index in [1.807, 2.05) is 35.1 Å². The summed E-state index contributed by atoms with van der Waals surface area (Å²) in [5.74, 6) is 2.90. The number of hydrogen-bond donors (Lipinski definition) is 2. The first kappa shape index (κ1) is 17.3. The van der Waals surface area contributed by atoms with Gasteiger partial charge in [0, 0.05) is 23.5 Å². The van der Waals surface area contributed by atoms with E-state index >= 15 is 0 Å². The van der Waals surface area contributed by atoms with Crippen LogP contribution in [0.25, 0.3) is 11.0 Å². The summed E-state index contributed by atoms with van der Waals surface area (Å²) in [6.45, 7) is 0.494. The summed E-state index contributed by atoms with van der Waals surface area (Å²) >= 11 is 0. The standard InChI is InChI=1S/C22H22N6O2/c1-29-19-8-9-28(27-19)17-11-30-18-5-3-2-4-14(18)20(17)26-22-15-10-16(13-6-7-13)25-21(15)23-12-24-22/h2-5,8-10,12-13,17,20H,6-7,11H2,1H3,(H2,23,24,25,26)/t17-,20-/m0/s1. The lowest BCUT2D eigenvalue weighted by Gasteiger charge is -2.34. The Bertz CT molecular complexity index is 1210. The molecule has 6 rings (SSSR count). The minimum Gasteiger partial charge on any atom is -0.491 e. The van der Waals surface area contributed by atoms with Crippen LogP contribution in [0.5, 0.6) is 11.6 Å². The van der Waals surface area contributed by atoms with Crippen LogP contribution in [0.2, 0.25) is 0 Å². The zero-order chi connectivity index (χ0) is 20.1. The van der Waals surface area contributed by atoms with Gasteiger partial charge in [-0.2, -0.15) is 0 Å². The van der Waals surface area contributed by atoms with Crippen LogP contribution in [0, 0.1) is 0 Å². The number of methoxy groups -OCH3 is 1. The molecule has 8 heteroatoms. The van der Waals surface area contributed by atoms with Crippen molar-refractivity contribution in [2.24, 2.45) is 0 Å². The summed E-state index contributed by atoms with van der Waals surface area (Å²) in [4.78, 5) is 12.5. The lowest BCUT2D eigenvalue weighted by atomic mass is 9.96. The number of rotatable bonds is 5. The summed E-state index contributed by atoms with van der Waals surface area (Å²) in [5, 5.41) is 9.24. The number of hydrogen-bond acceptors (Lipinski definition) is 6. The molecule has 152 valence electrons. The number of aromatic amines is 1. The van der Waals surface area contributed by atoms with Crippen molar-refractivity contribution in [3.05, 3.63) is 60.2 Å². The van der Waals surface area contributed by atoms with Crippen LogP contribution in [-0.2, 0) is 0 Å². The van der Waals surface area contributed by atoms with Crippen molar-refractivity contribution < 1.29 is 9.47 Å². The van der Waals surface area contributed by atoms with E-state index in [-0.39, 0.29) is 12.1 Å². The van der Waals surface area contributed by atoms with Crippen molar-refractivity contribution in [2.45, 2.75) is 30.8 Å². The molecule has 1 aliphatic carbocycles. The summed E-state index contributed by atoms with van der Waals surface area (Å²) in [6, 6.07) is 12.0. The van der Waals surface area contributed by atoms with Gasteiger partial charge in [-0.1, -0.05) is 18.2 Å². The van der Waals surface area contributed by atoms with E-state index in [0.717, 1.165) is 28.2 Å². The van der Waals surface area contributed by atoms with E-state index in [1.54, 1.807) is 13.4 Å². The lowest BCUT2D eigenvalue weighted by Crippen LogP contribution is -2.33. The highest BCUT2D eigenvalue weighted by Crippen LogP contribution is 2.43. The molecular formula is C22H22N6O2. The van der Waals surface area contributed by atoms with Gasteiger partial charge in [0.1, 0.15) is 36.2 Å². The van der Waals surface area contributed by atoms with Gasteiger partial charge in [0.2, 0.25) is 5.88 Å². The number of aromatic nitrogens is 5. The predicted octanol–water partition coefficient (Wildman–Crippen LogP) is 3.83. The van der Waals surface area contributed by atoms with Crippen LogP contribution in [0.3, 0.4) is 0 Å². The van der Waals surface area contributed by atoms with Gasteiger partial charge in [-0.25, -0.2) is 9.97 Å². The molecule has 0 unspecified atom stereocenters. The van der Waals surface area contributed by atoms with Crippen molar-refractivity contribution in [3.63, 3.8) is 0 Å². The molecule has 0 saturated heterocycles. The normalized spacial score (nSPS) is 20.6. The molecule has 0 bridgehead atoms. The fraction of sp³-hybridized carbons (Fsp3) is 0.318. The Morgan fingerprint density at radius 2 is 2.10 bits per heavy atom. The molecule has 0 amide bonds. The average molecular weight is 402 g/mol. The maximum absolute atomic E-state index is 6.05. The molecule has 1 fully saturated rings. The number of anilines is 1. The van der Waals surface area contributed by atoms with E-state index in [4.69, 9.17) is 9.47 Å². The van der Waals surface area contributed by atoms with Gasteiger partial charge in [0.25, 0.3) is 0 Å². The minimum absolute atomic E-state index is 0.0596. The maximum atomic E-state index is 6.05. The fourth-order valence-electron chi connectivity index (χ4n) is 4.20. The molecule has 2 N–H and O–H groups in total. The molecule has 4 aromatic rings. The van der Waals surface area contributed by atoms with Crippen molar-refractivity contribution in [2.75, 3.05) is 19.0 Å². The van der Waals surface area contributed by atoms with Crippen molar-refractivity contribution in [1.29, 1.82) is 0 Å². The first-order chi connectivity index (χ1) is 14.8. The fourth-order valence-corrected chi connectivity index (χ4v) is 4.20. The van der Waals surface area contributed by atoms with E-state index in [1.165, 1.54) is 18.5 Å². The molecule has 4 heterocycles. The second kappa shape index (κ2) is 6.76. The van der Waals surface area contributed by atoms with Crippen LogP contribution in [0.15, 0.2) is 48.9 Å². The largest absolute Gasteiger partial charge is 0.491 e. The highest BCUT2D eigenvalue weighted by molar-refractivity contribution is 5.88. The molecule has 1 aliphatic heterocycles. The Labute approximate surface area is 173 Å². The molecule has 2 atom stereocenters. The highest BCUT2D eigenvalue weighted by Gasteiger charge is 2.34. The van der Waals surface area contributed by atoms with Gasteiger partial charge in [0.05, 0.1) is 18.5 Å². The quantitative estimate of drug-likeness (QED) is 0.527. The van der Waals surface area contributed by atoms with Crippen molar-refractivity contribution >= 4 is 16.9 Å². The van der Waals surface area contributed by atoms with Gasteiger partial charge >= 0.3 is 0 Å². The number of nitrogens with one attached hydrogen (secondary N) is 2. The molecular weight excluding hydrogens is 380 g/mol. The number of H-pyrrole nitrogens is 1. The monoisotopic (exact) mass is 402 g/mol. The second-order valence-electron chi connectivity index (χ2n) is 7.86. The molecule has 30 heavy (non-hydrogen) atoms. The third-order valence-electron chi connectivity index (χ3n) is 5.94. The molecule has 1 saturated carbocycles. The van der Waals surface area contributed by atoms with E-state index < -0.39 is 0 Å². The van der Waals surface area contributed by atoms with Gasteiger partial charge < -0.3 is 19.8 Å². The maximum Gasteiger partial charge on any atom is 0.232 e. The number of fused-ring (bicyclic) bond motifs is 2. The third-order valence-corrected chi connectivity index (χ3v) is 5.94. The summed E-state index contributed by atoms with van der Waals surface area (Å²) in [6.07, 6.45) is 6.00. The first-order valence-electron chi connectivity index (χ1n) is 10.2. The molecule has 8 nitrogen and oxygen atoms in total. The average Bonchev–Trinajstić information content (AvgIpc) is 3.35. The zero-order valence-electron chi connectivity index (χ0n) is 16.6. The Balaban J connectivity index is 1.42. The highest BCUT2D eigenvalue weighted by atomic mass is 16.5. The van der Waals surface area contributed by atoms with Gasteiger partial charge in [-0.05, 0) is 30.9 Å². The Morgan fingerprint density at radius 3 is 2.93 bits per heavy atom. The van der Waals surface area contributed by atoms with Crippen LogP contribution in [0.1, 0.15) is 42.1 Å². The van der Waals surface area contributed by atoms with Crippen LogP contribution in [-0.4, -0.2) is 38.4 Å². The van der Waals surface area contributed by atoms with Crippen molar-refractivity contribution in [3.8, 4) is 11.6 Å². The topological polar surface area (TPSA) is 89.9 Å². The van der Waals surface area contributed by atoms with E-state index in [0.29, 0.717) is 18.4 Å².